The summed E-state index contributed by atoms with van der Waals surface area (Å²) in [5, 5.41) is 3.28. The summed E-state index contributed by atoms with van der Waals surface area (Å²) in [5.74, 6) is 0.795. The van der Waals surface area contributed by atoms with Gasteiger partial charge in [0.25, 0.3) is 0 Å². The van der Waals surface area contributed by atoms with E-state index in [-0.39, 0.29) is 18.0 Å². The number of aromatic nitrogens is 2. The van der Waals surface area contributed by atoms with Crippen molar-refractivity contribution in [2.75, 3.05) is 24.5 Å². The molecule has 0 radical (unpaired) electrons. The minimum atomic E-state index is -0.582. The molecular formula is C17H24ClN5O3. The number of likely N-dealkylation sites (tertiary alicyclic amines) is 1. The van der Waals surface area contributed by atoms with Crippen LogP contribution in [0.2, 0.25) is 5.15 Å². The van der Waals surface area contributed by atoms with E-state index in [0.29, 0.717) is 37.0 Å². The van der Waals surface area contributed by atoms with Crippen LogP contribution in [-0.4, -0.2) is 64.2 Å². The van der Waals surface area contributed by atoms with Crippen LogP contribution in [0.25, 0.3) is 0 Å². The van der Waals surface area contributed by atoms with Gasteiger partial charge in [0.05, 0.1) is 12.1 Å². The summed E-state index contributed by atoms with van der Waals surface area (Å²) in [6.45, 7) is 7.24. The average Bonchev–Trinajstić information content (AvgIpc) is 3.11. The lowest BCUT2D eigenvalue weighted by Crippen LogP contribution is -2.52. The number of anilines is 1. The number of ether oxygens (including phenoxy) is 1. The van der Waals surface area contributed by atoms with E-state index in [4.69, 9.17) is 16.3 Å². The lowest BCUT2D eigenvalue weighted by Gasteiger charge is -2.29. The highest BCUT2D eigenvalue weighted by molar-refractivity contribution is 6.29. The van der Waals surface area contributed by atoms with Gasteiger partial charge in [0.1, 0.15) is 22.9 Å². The highest BCUT2D eigenvalue weighted by atomic mass is 35.5. The van der Waals surface area contributed by atoms with Gasteiger partial charge in [-0.25, -0.2) is 14.8 Å². The van der Waals surface area contributed by atoms with E-state index in [2.05, 4.69) is 15.3 Å². The SMILES string of the molecule is CC(C)(C)OC(=O)N[C@H]1CN(c2cc(Cl)ncn2)C[C@@H]1N1CCCC1=O. The Kier molecular flexibility index (Phi) is 5.22. The normalized spacial score (nSPS) is 23.5. The van der Waals surface area contributed by atoms with Crippen LogP contribution in [0.3, 0.4) is 0 Å². The number of nitrogens with zero attached hydrogens (tertiary/aromatic N) is 4. The fourth-order valence-electron chi connectivity index (χ4n) is 3.41. The predicted molar refractivity (Wildman–Crippen MR) is 97.1 cm³/mol. The molecule has 1 aromatic rings. The molecule has 2 atom stereocenters. The van der Waals surface area contributed by atoms with Crippen molar-refractivity contribution in [3.63, 3.8) is 0 Å². The Morgan fingerprint density at radius 1 is 1.35 bits per heavy atom. The van der Waals surface area contributed by atoms with Gasteiger partial charge in [-0.15, -0.1) is 0 Å². The van der Waals surface area contributed by atoms with Crippen LogP contribution in [0, 0.1) is 0 Å². The largest absolute Gasteiger partial charge is 0.444 e. The van der Waals surface area contributed by atoms with Crippen molar-refractivity contribution in [1.29, 1.82) is 0 Å². The zero-order valence-corrected chi connectivity index (χ0v) is 16.0. The minimum absolute atomic E-state index is 0.119. The van der Waals surface area contributed by atoms with E-state index >= 15 is 0 Å². The first-order valence-electron chi connectivity index (χ1n) is 8.74. The van der Waals surface area contributed by atoms with E-state index in [0.717, 1.165) is 6.42 Å². The molecule has 1 aromatic heterocycles. The van der Waals surface area contributed by atoms with Crippen LogP contribution < -0.4 is 10.2 Å². The Labute approximate surface area is 157 Å². The first-order chi connectivity index (χ1) is 12.2. The molecule has 26 heavy (non-hydrogen) atoms. The third-order valence-corrected chi connectivity index (χ3v) is 4.65. The lowest BCUT2D eigenvalue weighted by atomic mass is 10.1. The zero-order chi connectivity index (χ0) is 18.9. The molecule has 2 aliphatic heterocycles. The predicted octanol–water partition coefficient (Wildman–Crippen LogP) is 1.83. The third-order valence-electron chi connectivity index (χ3n) is 4.44. The number of carbonyl (C=O) groups excluding carboxylic acids is 2. The van der Waals surface area contributed by atoms with Crippen molar-refractivity contribution in [3.8, 4) is 0 Å². The monoisotopic (exact) mass is 381 g/mol. The molecule has 2 fully saturated rings. The first kappa shape index (κ1) is 18.7. The summed E-state index contributed by atoms with van der Waals surface area (Å²) >= 11 is 5.97. The summed E-state index contributed by atoms with van der Waals surface area (Å²) in [6, 6.07) is 1.30. The standard InChI is InChI=1S/C17H24ClN5O3/c1-17(2,3)26-16(25)21-11-8-22(14-7-13(18)19-10-20-14)9-12(11)23-6-4-5-15(23)24/h7,10-12H,4-6,8-9H2,1-3H3,(H,21,25)/t11-,12-/m0/s1. The number of alkyl carbamates (subject to hydrolysis) is 1. The van der Waals surface area contributed by atoms with Gasteiger partial charge in [-0.05, 0) is 27.2 Å². The van der Waals surface area contributed by atoms with Crippen LogP contribution in [0.5, 0.6) is 0 Å². The number of rotatable bonds is 3. The summed E-state index contributed by atoms with van der Waals surface area (Å²) < 4.78 is 5.38. The van der Waals surface area contributed by atoms with Crippen LogP contribution in [0.4, 0.5) is 10.6 Å². The summed E-state index contributed by atoms with van der Waals surface area (Å²) in [7, 11) is 0. The fraction of sp³-hybridized carbons (Fsp3) is 0.647. The van der Waals surface area contributed by atoms with Gasteiger partial charge in [-0.2, -0.15) is 0 Å². The molecular weight excluding hydrogens is 358 g/mol. The van der Waals surface area contributed by atoms with E-state index in [1.54, 1.807) is 6.07 Å². The second kappa shape index (κ2) is 7.26. The van der Waals surface area contributed by atoms with Gasteiger partial charge < -0.3 is 19.9 Å². The molecule has 142 valence electrons. The average molecular weight is 382 g/mol. The van der Waals surface area contributed by atoms with Crippen molar-refractivity contribution >= 4 is 29.4 Å². The van der Waals surface area contributed by atoms with Crippen molar-refractivity contribution in [2.24, 2.45) is 0 Å². The zero-order valence-electron chi connectivity index (χ0n) is 15.2. The third kappa shape index (κ3) is 4.35. The molecule has 8 nitrogen and oxygen atoms in total. The van der Waals surface area contributed by atoms with Crippen molar-refractivity contribution in [3.05, 3.63) is 17.5 Å². The molecule has 2 saturated heterocycles. The molecule has 0 saturated carbocycles. The minimum Gasteiger partial charge on any atom is -0.444 e. The Morgan fingerprint density at radius 2 is 2.12 bits per heavy atom. The topological polar surface area (TPSA) is 87.7 Å². The number of nitrogens with one attached hydrogen (secondary N) is 1. The van der Waals surface area contributed by atoms with E-state index in [1.807, 2.05) is 30.6 Å². The second-order valence-electron chi connectivity index (χ2n) is 7.61. The van der Waals surface area contributed by atoms with Gasteiger partial charge >= 0.3 is 6.09 Å². The molecule has 3 heterocycles. The highest BCUT2D eigenvalue weighted by Crippen LogP contribution is 2.26. The summed E-state index contributed by atoms with van der Waals surface area (Å²) in [5.41, 5.74) is -0.582. The Morgan fingerprint density at radius 3 is 2.73 bits per heavy atom. The second-order valence-corrected chi connectivity index (χ2v) is 8.00. The van der Waals surface area contributed by atoms with Gasteiger partial charge in [0, 0.05) is 32.1 Å². The number of carbonyl (C=O) groups is 2. The molecule has 9 heteroatoms. The number of hydrogen-bond acceptors (Lipinski definition) is 6. The van der Waals surface area contributed by atoms with E-state index in [1.165, 1.54) is 6.33 Å². The first-order valence-corrected chi connectivity index (χ1v) is 9.12. The molecule has 2 amide bonds. The Hall–Kier alpha value is -2.09. The number of hydrogen-bond donors (Lipinski definition) is 1. The highest BCUT2D eigenvalue weighted by Gasteiger charge is 2.42. The summed E-state index contributed by atoms with van der Waals surface area (Å²) in [4.78, 5) is 36.5. The molecule has 2 aliphatic rings. The Balaban J connectivity index is 1.77. The smallest absolute Gasteiger partial charge is 0.408 e. The van der Waals surface area contributed by atoms with Gasteiger partial charge in [-0.3, -0.25) is 4.79 Å². The molecule has 0 spiro atoms. The fourth-order valence-corrected chi connectivity index (χ4v) is 3.55. The quantitative estimate of drug-likeness (QED) is 0.804. The van der Waals surface area contributed by atoms with Crippen LogP contribution in [0.1, 0.15) is 33.6 Å². The van der Waals surface area contributed by atoms with Gasteiger partial charge in [-0.1, -0.05) is 11.6 Å². The maximum absolute atomic E-state index is 12.3. The van der Waals surface area contributed by atoms with Crippen molar-refractivity contribution in [2.45, 2.75) is 51.3 Å². The van der Waals surface area contributed by atoms with Crippen LogP contribution in [0.15, 0.2) is 12.4 Å². The molecule has 1 N–H and O–H groups in total. The number of amides is 2. The van der Waals surface area contributed by atoms with E-state index < -0.39 is 11.7 Å². The van der Waals surface area contributed by atoms with Gasteiger partial charge in [0.2, 0.25) is 5.91 Å². The maximum atomic E-state index is 12.3. The van der Waals surface area contributed by atoms with Crippen LogP contribution >= 0.6 is 11.6 Å². The molecule has 3 rings (SSSR count). The van der Waals surface area contributed by atoms with Crippen molar-refractivity contribution in [1.82, 2.24) is 20.2 Å². The molecule has 0 aromatic carbocycles. The van der Waals surface area contributed by atoms with E-state index in [9.17, 15) is 9.59 Å². The Bertz CT molecular complexity index is 693. The maximum Gasteiger partial charge on any atom is 0.408 e. The lowest BCUT2D eigenvalue weighted by molar-refractivity contribution is -0.129. The summed E-state index contributed by atoms with van der Waals surface area (Å²) in [6.07, 6.45) is 2.31. The molecule has 0 unspecified atom stereocenters. The van der Waals surface area contributed by atoms with Crippen molar-refractivity contribution < 1.29 is 14.3 Å². The van der Waals surface area contributed by atoms with Crippen LogP contribution in [-0.2, 0) is 9.53 Å². The molecule has 0 bridgehead atoms. The van der Waals surface area contributed by atoms with Gasteiger partial charge in [0.15, 0.2) is 0 Å². The number of halogens is 1. The molecule has 0 aliphatic carbocycles.